The number of nitrogens with one attached hydrogen (secondary N) is 2. The van der Waals surface area contributed by atoms with Gasteiger partial charge in [-0.1, -0.05) is 48.5 Å². The van der Waals surface area contributed by atoms with Gasteiger partial charge >= 0.3 is 6.03 Å². The lowest BCUT2D eigenvalue weighted by atomic mass is 10.1. The molecule has 0 atom stereocenters. The maximum absolute atomic E-state index is 11.9. The van der Waals surface area contributed by atoms with Crippen molar-refractivity contribution in [1.82, 2.24) is 5.32 Å². The summed E-state index contributed by atoms with van der Waals surface area (Å²) < 4.78 is 0. The molecule has 0 unspecified atom stereocenters. The van der Waals surface area contributed by atoms with E-state index in [4.69, 9.17) is 10.6 Å². The van der Waals surface area contributed by atoms with E-state index < -0.39 is 6.03 Å². The fourth-order valence-corrected chi connectivity index (χ4v) is 2.05. The molecule has 120 valence electrons. The Kier molecular flexibility index (Phi) is 5.57. The average Bonchev–Trinajstić information content (AvgIpc) is 2.52. The number of amides is 2. The van der Waals surface area contributed by atoms with Crippen LogP contribution in [0, 0.1) is 13.8 Å². The van der Waals surface area contributed by atoms with E-state index in [0.29, 0.717) is 0 Å². The van der Waals surface area contributed by atoms with Gasteiger partial charge in [-0.2, -0.15) is 0 Å². The van der Waals surface area contributed by atoms with E-state index >= 15 is 0 Å². The van der Waals surface area contributed by atoms with Gasteiger partial charge < -0.3 is 15.9 Å². The Hall–Kier alpha value is -3.02. The number of nitrogens with zero attached hydrogens (tertiary/aromatic N) is 1. The highest BCUT2D eigenvalue weighted by Gasteiger charge is 2.08. The molecule has 0 saturated carbocycles. The Balaban J connectivity index is 1.86. The third-order valence-corrected chi connectivity index (χ3v) is 3.20. The third-order valence-electron chi connectivity index (χ3n) is 3.20. The van der Waals surface area contributed by atoms with Crippen LogP contribution in [0.1, 0.15) is 16.7 Å². The number of urea groups is 1. The number of oxime groups is 1. The zero-order valence-electron chi connectivity index (χ0n) is 13.2. The number of aryl methyl sites for hydroxylation is 2. The van der Waals surface area contributed by atoms with Gasteiger partial charge in [-0.25, -0.2) is 4.79 Å². The molecule has 0 aliphatic rings. The van der Waals surface area contributed by atoms with E-state index in [1.165, 1.54) is 0 Å². The third kappa shape index (κ3) is 5.03. The minimum absolute atomic E-state index is 0.107. The van der Waals surface area contributed by atoms with Crippen LogP contribution in [0.4, 0.5) is 10.5 Å². The van der Waals surface area contributed by atoms with E-state index in [1.54, 1.807) is 0 Å². The Labute approximate surface area is 135 Å². The number of hydrogen-bond acceptors (Lipinski definition) is 3. The molecule has 0 aliphatic heterocycles. The minimum atomic E-state index is -0.466. The first-order chi connectivity index (χ1) is 11.1. The lowest BCUT2D eigenvalue weighted by Gasteiger charge is -2.11. The van der Waals surface area contributed by atoms with Crippen molar-refractivity contribution >= 4 is 17.7 Å². The van der Waals surface area contributed by atoms with E-state index in [1.807, 2.05) is 62.4 Å². The number of carbonyl (C=O) groups is 1. The number of nitrogens with two attached hydrogens (primary N) is 1. The SMILES string of the molecule is Cc1cccc(C)c1NC(=O)NC(N)=NOCc1ccccc1. The lowest BCUT2D eigenvalue weighted by Crippen LogP contribution is -2.39. The molecule has 0 aliphatic carbocycles. The maximum atomic E-state index is 11.9. The van der Waals surface area contributed by atoms with Crippen LogP contribution in [-0.4, -0.2) is 12.0 Å². The van der Waals surface area contributed by atoms with Gasteiger partial charge in [0.15, 0.2) is 0 Å². The monoisotopic (exact) mass is 312 g/mol. The number of carbonyl (C=O) groups excluding carboxylic acids is 1. The molecule has 23 heavy (non-hydrogen) atoms. The molecule has 0 aromatic heterocycles. The smallest absolute Gasteiger partial charge is 0.326 e. The first-order valence-corrected chi connectivity index (χ1v) is 7.20. The summed E-state index contributed by atoms with van der Waals surface area (Å²) in [6.45, 7) is 4.12. The van der Waals surface area contributed by atoms with Crippen LogP contribution in [0.25, 0.3) is 0 Å². The normalized spacial score (nSPS) is 11.0. The van der Waals surface area contributed by atoms with Crippen molar-refractivity contribution in [3.05, 3.63) is 65.2 Å². The van der Waals surface area contributed by atoms with Crippen LogP contribution in [0.3, 0.4) is 0 Å². The molecule has 0 fully saturated rings. The summed E-state index contributed by atoms with van der Waals surface area (Å²) in [4.78, 5) is 17.0. The number of guanidine groups is 1. The highest BCUT2D eigenvalue weighted by Crippen LogP contribution is 2.18. The summed E-state index contributed by atoms with van der Waals surface area (Å²) in [5.41, 5.74) is 9.27. The second kappa shape index (κ2) is 7.84. The number of hydrogen-bond donors (Lipinski definition) is 3. The summed E-state index contributed by atoms with van der Waals surface area (Å²) in [6.07, 6.45) is 0. The van der Waals surface area contributed by atoms with Crippen LogP contribution >= 0.6 is 0 Å². The fourth-order valence-electron chi connectivity index (χ4n) is 2.05. The van der Waals surface area contributed by atoms with Crippen molar-refractivity contribution in [1.29, 1.82) is 0 Å². The van der Waals surface area contributed by atoms with Gasteiger partial charge in [-0.05, 0) is 35.7 Å². The van der Waals surface area contributed by atoms with Crippen molar-refractivity contribution in [2.24, 2.45) is 10.9 Å². The zero-order chi connectivity index (χ0) is 16.7. The number of benzene rings is 2. The van der Waals surface area contributed by atoms with Gasteiger partial charge in [0.1, 0.15) is 6.61 Å². The van der Waals surface area contributed by atoms with E-state index in [0.717, 1.165) is 22.4 Å². The van der Waals surface area contributed by atoms with E-state index in [2.05, 4.69) is 15.8 Å². The van der Waals surface area contributed by atoms with Gasteiger partial charge in [0, 0.05) is 5.69 Å². The topological polar surface area (TPSA) is 88.7 Å². The van der Waals surface area contributed by atoms with Crippen molar-refractivity contribution in [2.75, 3.05) is 5.32 Å². The maximum Gasteiger partial charge on any atom is 0.326 e. The quantitative estimate of drug-likeness (QED) is 0.461. The molecular formula is C17H20N4O2. The molecule has 4 N–H and O–H groups in total. The Bertz CT molecular complexity index is 679. The molecule has 2 aromatic rings. The van der Waals surface area contributed by atoms with Crippen LogP contribution in [0.2, 0.25) is 0 Å². The summed E-state index contributed by atoms with van der Waals surface area (Å²) in [5, 5.41) is 8.84. The molecule has 0 bridgehead atoms. The Morgan fingerprint density at radius 2 is 1.74 bits per heavy atom. The van der Waals surface area contributed by atoms with Gasteiger partial charge in [0.05, 0.1) is 0 Å². The van der Waals surface area contributed by atoms with Crippen LogP contribution in [0.15, 0.2) is 53.7 Å². The summed E-state index contributed by atoms with van der Waals surface area (Å²) >= 11 is 0. The van der Waals surface area contributed by atoms with Gasteiger partial charge in [-0.3, -0.25) is 5.32 Å². The fraction of sp³-hybridized carbons (Fsp3) is 0.176. The van der Waals surface area contributed by atoms with Crippen molar-refractivity contribution in [2.45, 2.75) is 20.5 Å². The molecule has 6 nitrogen and oxygen atoms in total. The molecule has 0 radical (unpaired) electrons. The second-order valence-corrected chi connectivity index (χ2v) is 5.08. The standard InChI is InChI=1S/C17H20N4O2/c1-12-7-6-8-13(2)15(12)19-17(22)20-16(18)21-23-11-14-9-4-3-5-10-14/h3-10H,11H2,1-2H3,(H4,18,19,20,21,22). The van der Waals surface area contributed by atoms with Gasteiger partial charge in [0.25, 0.3) is 0 Å². The highest BCUT2D eigenvalue weighted by molar-refractivity contribution is 6.02. The van der Waals surface area contributed by atoms with Crippen molar-refractivity contribution < 1.29 is 9.63 Å². The summed E-state index contributed by atoms with van der Waals surface area (Å²) in [7, 11) is 0. The number of anilines is 1. The van der Waals surface area contributed by atoms with Gasteiger partial charge in [-0.15, -0.1) is 0 Å². The molecule has 2 amide bonds. The largest absolute Gasteiger partial charge is 0.388 e. The minimum Gasteiger partial charge on any atom is -0.388 e. The molecule has 0 heterocycles. The zero-order valence-corrected chi connectivity index (χ0v) is 13.2. The summed E-state index contributed by atoms with van der Waals surface area (Å²) in [5.74, 6) is -0.107. The Morgan fingerprint density at radius 1 is 1.09 bits per heavy atom. The highest BCUT2D eigenvalue weighted by atomic mass is 16.6. The predicted octanol–water partition coefficient (Wildman–Crippen LogP) is 2.87. The molecule has 2 aromatic carbocycles. The molecular weight excluding hydrogens is 292 g/mol. The summed E-state index contributed by atoms with van der Waals surface area (Å²) in [6, 6.07) is 14.9. The average molecular weight is 312 g/mol. The van der Waals surface area contributed by atoms with Crippen molar-refractivity contribution in [3.63, 3.8) is 0 Å². The Morgan fingerprint density at radius 3 is 2.39 bits per heavy atom. The van der Waals surface area contributed by atoms with Gasteiger partial charge in [0.2, 0.25) is 5.96 Å². The van der Waals surface area contributed by atoms with Crippen molar-refractivity contribution in [3.8, 4) is 0 Å². The molecule has 6 heteroatoms. The number of rotatable bonds is 4. The molecule has 2 rings (SSSR count). The number of para-hydroxylation sites is 1. The molecule has 0 spiro atoms. The molecule has 0 saturated heterocycles. The lowest BCUT2D eigenvalue weighted by molar-refractivity contribution is 0.129. The van der Waals surface area contributed by atoms with E-state index in [-0.39, 0.29) is 12.6 Å². The first kappa shape index (κ1) is 16.4. The predicted molar refractivity (Wildman–Crippen MR) is 90.9 cm³/mol. The van der Waals surface area contributed by atoms with Crippen LogP contribution in [-0.2, 0) is 11.4 Å². The second-order valence-electron chi connectivity index (χ2n) is 5.08. The van der Waals surface area contributed by atoms with Crippen LogP contribution < -0.4 is 16.4 Å². The van der Waals surface area contributed by atoms with E-state index in [9.17, 15) is 4.79 Å². The van der Waals surface area contributed by atoms with Crippen LogP contribution in [0.5, 0.6) is 0 Å². The first-order valence-electron chi connectivity index (χ1n) is 7.20.